The number of fused-ring (bicyclic) bond motifs is 1. The van der Waals surface area contributed by atoms with Gasteiger partial charge in [-0.3, -0.25) is 14.5 Å². The molecule has 0 aliphatic carbocycles. The van der Waals surface area contributed by atoms with E-state index in [1.54, 1.807) is 60.7 Å². The van der Waals surface area contributed by atoms with Gasteiger partial charge >= 0.3 is 5.97 Å². The summed E-state index contributed by atoms with van der Waals surface area (Å²) in [5.41, 5.74) is 1.43. The minimum absolute atomic E-state index is 0.0161. The molecule has 0 aromatic heterocycles. The first-order valence-electron chi connectivity index (χ1n) is 11.0. The molecule has 2 aliphatic heterocycles. The molecule has 1 amide bonds. The molecule has 0 N–H and O–H groups in total. The van der Waals surface area contributed by atoms with E-state index in [1.165, 1.54) is 9.21 Å². The van der Waals surface area contributed by atoms with Crippen LogP contribution in [0, 0.1) is 35.5 Å². The monoisotopic (exact) mass is 490 g/mol. The number of amides is 1. The van der Waals surface area contributed by atoms with E-state index >= 15 is 0 Å². The molecule has 0 spiro atoms. The summed E-state index contributed by atoms with van der Waals surface area (Å²) in [6.45, 7) is 1.74. The third kappa shape index (κ3) is 4.54. The first-order valence-corrected chi connectivity index (χ1v) is 12.4. The lowest BCUT2D eigenvalue weighted by atomic mass is 10.0. The van der Waals surface area contributed by atoms with Crippen LogP contribution in [-0.2, 0) is 24.3 Å². The number of hydrogen-bond donors (Lipinski definition) is 0. The minimum Gasteiger partial charge on any atom is -0.444 e. The van der Waals surface area contributed by atoms with Gasteiger partial charge in [-0.05, 0) is 38.0 Å². The fourth-order valence-electron chi connectivity index (χ4n) is 4.24. The normalized spacial score (nSPS) is 17.9. The van der Waals surface area contributed by atoms with Crippen molar-refractivity contribution < 1.29 is 22.7 Å². The Bertz CT molecular complexity index is 1380. The molecule has 1 atom stereocenters. The number of piperidine rings is 1. The number of para-hydroxylation sites is 1. The second-order valence-electron chi connectivity index (χ2n) is 8.33. The number of ether oxygens (including phenoxy) is 1. The second kappa shape index (κ2) is 9.71. The molecular formula is C25H22N4O5S. The number of esters is 1. The van der Waals surface area contributed by atoms with E-state index < -0.39 is 34.5 Å². The molecule has 178 valence electrons. The molecule has 0 radical (unpaired) electrons. The number of carbonyl (C=O) groups excluding carboxylic acids is 2. The average molecular weight is 491 g/mol. The van der Waals surface area contributed by atoms with E-state index in [9.17, 15) is 28.5 Å². The first kappa shape index (κ1) is 24.1. The zero-order chi connectivity index (χ0) is 25.2. The maximum absolute atomic E-state index is 13.0. The highest BCUT2D eigenvalue weighted by atomic mass is 32.2. The molecule has 0 saturated carbocycles. The van der Waals surface area contributed by atoms with Crippen LogP contribution in [-0.4, -0.2) is 44.4 Å². The Hall–Kier alpha value is -3.99. The number of sulfonamides is 1. The van der Waals surface area contributed by atoms with E-state index in [1.807, 2.05) is 6.92 Å². The minimum atomic E-state index is -3.75. The molecule has 2 heterocycles. The Balaban J connectivity index is 1.48. The summed E-state index contributed by atoms with van der Waals surface area (Å²) >= 11 is 0. The van der Waals surface area contributed by atoms with Crippen LogP contribution in [0.15, 0.2) is 59.0 Å². The maximum Gasteiger partial charge on any atom is 0.312 e. The van der Waals surface area contributed by atoms with Crippen LogP contribution in [0.1, 0.15) is 24.0 Å². The number of allylic oxidation sites excluding steroid dienone is 1. The van der Waals surface area contributed by atoms with Crippen molar-refractivity contribution in [2.24, 2.45) is 5.92 Å². The van der Waals surface area contributed by atoms with Gasteiger partial charge in [-0.15, -0.1) is 0 Å². The molecule has 4 rings (SSSR count). The van der Waals surface area contributed by atoms with Gasteiger partial charge in [0.05, 0.1) is 22.1 Å². The lowest BCUT2D eigenvalue weighted by Crippen LogP contribution is -2.43. The molecule has 2 aromatic carbocycles. The largest absolute Gasteiger partial charge is 0.444 e. The van der Waals surface area contributed by atoms with Crippen molar-refractivity contribution >= 4 is 33.2 Å². The lowest BCUT2D eigenvalue weighted by Gasteiger charge is -2.31. The fourth-order valence-corrected chi connectivity index (χ4v) is 5.77. The predicted octanol–water partition coefficient (Wildman–Crippen LogP) is 2.74. The van der Waals surface area contributed by atoms with Crippen molar-refractivity contribution in [3.63, 3.8) is 0 Å². The highest BCUT2D eigenvalue weighted by molar-refractivity contribution is 7.89. The van der Waals surface area contributed by atoms with Crippen LogP contribution in [0.2, 0.25) is 0 Å². The summed E-state index contributed by atoms with van der Waals surface area (Å²) in [7, 11) is -3.75. The van der Waals surface area contributed by atoms with Crippen molar-refractivity contribution in [2.75, 3.05) is 24.7 Å². The summed E-state index contributed by atoms with van der Waals surface area (Å²) in [6.07, 6.45) is 0.957. The number of anilines is 1. The fraction of sp³-hybridized carbons (Fsp3) is 0.280. The Morgan fingerprint density at radius 2 is 1.80 bits per heavy atom. The molecule has 2 aromatic rings. The van der Waals surface area contributed by atoms with Crippen molar-refractivity contribution in [1.82, 2.24) is 4.31 Å². The Morgan fingerprint density at radius 3 is 2.49 bits per heavy atom. The Labute approximate surface area is 203 Å². The lowest BCUT2D eigenvalue weighted by molar-refractivity contribution is -0.149. The molecule has 35 heavy (non-hydrogen) atoms. The molecule has 2 aliphatic rings. The summed E-state index contributed by atoms with van der Waals surface area (Å²) < 4.78 is 32.8. The molecule has 10 heteroatoms. The zero-order valence-corrected chi connectivity index (χ0v) is 19.8. The number of aryl methyl sites for hydroxylation is 1. The number of nitriles is 2. The van der Waals surface area contributed by atoms with Crippen molar-refractivity contribution in [1.29, 1.82) is 10.5 Å². The van der Waals surface area contributed by atoms with Gasteiger partial charge in [-0.1, -0.05) is 35.9 Å². The van der Waals surface area contributed by atoms with Gasteiger partial charge in [-0.2, -0.15) is 14.8 Å². The van der Waals surface area contributed by atoms with Gasteiger partial charge < -0.3 is 4.74 Å². The SMILES string of the molecule is Cc1ccc(S(=O)(=O)N2CCCC(C(=O)OCN3C(=O)C(=C(C#N)C#N)c4ccccc43)C2)cc1. The molecule has 1 fully saturated rings. The van der Waals surface area contributed by atoms with Crippen molar-refractivity contribution in [3.05, 3.63) is 65.2 Å². The number of benzene rings is 2. The van der Waals surface area contributed by atoms with Gasteiger partial charge in [0, 0.05) is 18.7 Å². The van der Waals surface area contributed by atoms with E-state index in [0.717, 1.165) is 5.56 Å². The molecule has 0 bridgehead atoms. The molecule has 1 saturated heterocycles. The summed E-state index contributed by atoms with van der Waals surface area (Å²) in [6, 6.07) is 16.6. The maximum atomic E-state index is 13.0. The van der Waals surface area contributed by atoms with Crippen LogP contribution in [0.4, 0.5) is 5.69 Å². The van der Waals surface area contributed by atoms with Gasteiger partial charge in [0.25, 0.3) is 5.91 Å². The van der Waals surface area contributed by atoms with E-state index in [2.05, 4.69) is 0 Å². The standard InChI is InChI=1S/C25H22N4O5S/c1-17-8-10-20(11-9-17)35(32,33)28-12-4-5-18(15-28)25(31)34-16-29-22-7-3-2-6-21(22)23(24(29)30)19(13-26)14-27/h2-3,6-11,18H,4-5,12,15-16H2,1H3. The van der Waals surface area contributed by atoms with Crippen molar-refractivity contribution in [3.8, 4) is 12.1 Å². The molecule has 1 unspecified atom stereocenters. The van der Waals surface area contributed by atoms with Gasteiger partial charge in [0.15, 0.2) is 6.73 Å². The first-order chi connectivity index (χ1) is 16.8. The summed E-state index contributed by atoms with van der Waals surface area (Å²) in [5.74, 6) is -1.90. The summed E-state index contributed by atoms with van der Waals surface area (Å²) in [5, 5.41) is 18.5. The van der Waals surface area contributed by atoms with Crippen LogP contribution in [0.3, 0.4) is 0 Å². The highest BCUT2D eigenvalue weighted by Gasteiger charge is 2.37. The summed E-state index contributed by atoms with van der Waals surface area (Å²) in [4.78, 5) is 27.2. The second-order valence-corrected chi connectivity index (χ2v) is 10.3. The van der Waals surface area contributed by atoms with Gasteiger partial charge in [-0.25, -0.2) is 8.42 Å². The molecular weight excluding hydrogens is 468 g/mol. The third-order valence-corrected chi connectivity index (χ3v) is 7.99. The van der Waals surface area contributed by atoms with Gasteiger partial charge in [0.2, 0.25) is 10.0 Å². The van der Waals surface area contributed by atoms with E-state index in [-0.39, 0.29) is 22.6 Å². The van der Waals surface area contributed by atoms with E-state index in [0.29, 0.717) is 30.6 Å². The smallest absolute Gasteiger partial charge is 0.312 e. The van der Waals surface area contributed by atoms with Gasteiger partial charge in [0.1, 0.15) is 17.7 Å². The Kier molecular flexibility index (Phi) is 6.70. The quantitative estimate of drug-likeness (QED) is 0.358. The number of rotatable bonds is 5. The number of nitrogens with zero attached hydrogens (tertiary/aromatic N) is 4. The van der Waals surface area contributed by atoms with E-state index in [4.69, 9.17) is 4.74 Å². The van der Waals surface area contributed by atoms with Crippen LogP contribution < -0.4 is 4.90 Å². The third-order valence-electron chi connectivity index (χ3n) is 6.11. The zero-order valence-electron chi connectivity index (χ0n) is 19.0. The predicted molar refractivity (Wildman–Crippen MR) is 126 cm³/mol. The topological polar surface area (TPSA) is 132 Å². The highest BCUT2D eigenvalue weighted by Crippen LogP contribution is 2.38. The van der Waals surface area contributed by atoms with Crippen LogP contribution in [0.5, 0.6) is 0 Å². The number of hydrogen-bond acceptors (Lipinski definition) is 7. The molecule has 9 nitrogen and oxygen atoms in total. The van der Waals surface area contributed by atoms with Crippen LogP contribution >= 0.6 is 0 Å². The average Bonchev–Trinajstić information content (AvgIpc) is 3.15. The van der Waals surface area contributed by atoms with Crippen molar-refractivity contribution in [2.45, 2.75) is 24.7 Å². The van der Waals surface area contributed by atoms with Crippen LogP contribution in [0.25, 0.3) is 5.57 Å². The Morgan fingerprint density at radius 1 is 1.11 bits per heavy atom. The number of carbonyl (C=O) groups is 2.